The molecular weight excluding hydrogens is 418 g/mol. The standard InChI is InChI=1S/C18H20BrN3O5/c1-12(23)27-7-4-16-15-10-13(19)2-3-14(15)18(25)22(20-16)11-17(24)21-5-8-26-9-6-21/h2-3,10H,4-9,11H2,1H3. The number of halogens is 1. The minimum Gasteiger partial charge on any atom is -0.465 e. The number of rotatable bonds is 5. The molecule has 1 amide bonds. The highest BCUT2D eigenvalue weighted by atomic mass is 79.9. The van der Waals surface area contributed by atoms with Gasteiger partial charge in [0.15, 0.2) is 0 Å². The second kappa shape index (κ2) is 8.62. The third kappa shape index (κ3) is 4.72. The lowest BCUT2D eigenvalue weighted by Gasteiger charge is -2.27. The van der Waals surface area contributed by atoms with Gasteiger partial charge in [0.05, 0.1) is 30.9 Å². The van der Waals surface area contributed by atoms with Crippen molar-refractivity contribution in [1.29, 1.82) is 0 Å². The number of amides is 1. The van der Waals surface area contributed by atoms with E-state index in [-0.39, 0.29) is 30.6 Å². The summed E-state index contributed by atoms with van der Waals surface area (Å²) in [7, 11) is 0. The van der Waals surface area contributed by atoms with Gasteiger partial charge >= 0.3 is 5.97 Å². The Morgan fingerprint density at radius 3 is 2.70 bits per heavy atom. The van der Waals surface area contributed by atoms with Crippen LogP contribution < -0.4 is 5.56 Å². The maximum atomic E-state index is 12.8. The fraction of sp³-hybridized carbons (Fsp3) is 0.444. The predicted octanol–water partition coefficient (Wildman–Crippen LogP) is 1.12. The maximum absolute atomic E-state index is 12.8. The van der Waals surface area contributed by atoms with Crippen LogP contribution in [0.25, 0.3) is 10.8 Å². The van der Waals surface area contributed by atoms with Crippen molar-refractivity contribution in [1.82, 2.24) is 14.7 Å². The van der Waals surface area contributed by atoms with E-state index in [2.05, 4.69) is 21.0 Å². The van der Waals surface area contributed by atoms with E-state index in [0.717, 1.165) is 4.47 Å². The molecule has 2 heterocycles. The van der Waals surface area contributed by atoms with Crippen LogP contribution in [0.4, 0.5) is 0 Å². The Labute approximate surface area is 164 Å². The van der Waals surface area contributed by atoms with Crippen LogP contribution >= 0.6 is 15.9 Å². The van der Waals surface area contributed by atoms with Gasteiger partial charge in [0.25, 0.3) is 5.56 Å². The number of hydrogen-bond donors (Lipinski definition) is 0. The average Bonchev–Trinajstić information content (AvgIpc) is 2.65. The molecule has 2 aromatic rings. The molecule has 1 saturated heterocycles. The number of carbonyl (C=O) groups is 2. The first kappa shape index (κ1) is 19.5. The van der Waals surface area contributed by atoms with Gasteiger partial charge in [0.2, 0.25) is 5.91 Å². The topological polar surface area (TPSA) is 90.7 Å². The third-order valence-corrected chi connectivity index (χ3v) is 4.79. The molecule has 9 heteroatoms. The molecule has 0 saturated carbocycles. The summed E-state index contributed by atoms with van der Waals surface area (Å²) >= 11 is 3.40. The lowest BCUT2D eigenvalue weighted by atomic mass is 10.1. The fourth-order valence-electron chi connectivity index (χ4n) is 2.95. The number of nitrogens with zero attached hydrogens (tertiary/aromatic N) is 3. The smallest absolute Gasteiger partial charge is 0.302 e. The van der Waals surface area contributed by atoms with Gasteiger partial charge in [-0.15, -0.1) is 0 Å². The Balaban J connectivity index is 1.93. The van der Waals surface area contributed by atoms with Crippen molar-refractivity contribution >= 4 is 38.6 Å². The van der Waals surface area contributed by atoms with E-state index in [4.69, 9.17) is 9.47 Å². The zero-order valence-corrected chi connectivity index (χ0v) is 16.5. The van der Waals surface area contributed by atoms with Crippen LogP contribution in [0.5, 0.6) is 0 Å². The second-order valence-electron chi connectivity index (χ2n) is 6.18. The van der Waals surface area contributed by atoms with Crippen LogP contribution in [0, 0.1) is 0 Å². The summed E-state index contributed by atoms with van der Waals surface area (Å²) in [5.41, 5.74) is 0.275. The van der Waals surface area contributed by atoms with Gasteiger partial charge < -0.3 is 14.4 Å². The van der Waals surface area contributed by atoms with E-state index in [1.54, 1.807) is 23.1 Å². The largest absolute Gasteiger partial charge is 0.465 e. The molecule has 0 aliphatic carbocycles. The Morgan fingerprint density at radius 2 is 2.00 bits per heavy atom. The predicted molar refractivity (Wildman–Crippen MR) is 101 cm³/mol. The lowest BCUT2D eigenvalue weighted by molar-refractivity contribution is -0.140. The molecule has 1 aliphatic heterocycles. The molecule has 3 rings (SSSR count). The summed E-state index contributed by atoms with van der Waals surface area (Å²) in [6.07, 6.45) is 0.346. The summed E-state index contributed by atoms with van der Waals surface area (Å²) in [6, 6.07) is 5.28. The van der Waals surface area contributed by atoms with E-state index >= 15 is 0 Å². The van der Waals surface area contributed by atoms with Crippen molar-refractivity contribution in [2.75, 3.05) is 32.9 Å². The highest BCUT2D eigenvalue weighted by Gasteiger charge is 2.19. The summed E-state index contributed by atoms with van der Waals surface area (Å²) in [4.78, 5) is 38.0. The van der Waals surface area contributed by atoms with Crippen molar-refractivity contribution in [2.24, 2.45) is 0 Å². The fourth-order valence-corrected chi connectivity index (χ4v) is 3.31. The Morgan fingerprint density at radius 1 is 1.26 bits per heavy atom. The molecule has 1 aromatic heterocycles. The minimum atomic E-state index is -0.378. The van der Waals surface area contributed by atoms with E-state index in [1.807, 2.05) is 0 Å². The zero-order chi connectivity index (χ0) is 19.4. The molecule has 8 nitrogen and oxygen atoms in total. The number of morpholine rings is 1. The van der Waals surface area contributed by atoms with Crippen LogP contribution in [-0.4, -0.2) is 59.5 Å². The third-order valence-electron chi connectivity index (χ3n) is 4.29. The van der Waals surface area contributed by atoms with Crippen molar-refractivity contribution < 1.29 is 19.1 Å². The Hall–Kier alpha value is -2.26. The molecule has 0 radical (unpaired) electrons. The van der Waals surface area contributed by atoms with Crippen LogP contribution in [0.2, 0.25) is 0 Å². The van der Waals surface area contributed by atoms with Crippen molar-refractivity contribution in [2.45, 2.75) is 19.9 Å². The van der Waals surface area contributed by atoms with Crippen molar-refractivity contribution in [3.8, 4) is 0 Å². The summed E-state index contributed by atoms with van der Waals surface area (Å²) < 4.78 is 12.3. The van der Waals surface area contributed by atoms with E-state index < -0.39 is 0 Å². The zero-order valence-electron chi connectivity index (χ0n) is 14.9. The molecular formula is C18H20BrN3O5. The Bertz CT molecular complexity index is 921. The van der Waals surface area contributed by atoms with Gasteiger partial charge in [-0.25, -0.2) is 4.68 Å². The molecule has 1 aromatic carbocycles. The number of benzene rings is 1. The van der Waals surface area contributed by atoms with Gasteiger partial charge in [-0.05, 0) is 18.2 Å². The Kier molecular flexibility index (Phi) is 6.22. The summed E-state index contributed by atoms with van der Waals surface area (Å²) in [5, 5.41) is 5.54. The highest BCUT2D eigenvalue weighted by Crippen LogP contribution is 2.20. The maximum Gasteiger partial charge on any atom is 0.302 e. The van der Waals surface area contributed by atoms with Crippen LogP contribution in [0.15, 0.2) is 27.5 Å². The van der Waals surface area contributed by atoms with Crippen molar-refractivity contribution in [3.05, 3.63) is 38.7 Å². The summed E-state index contributed by atoms with van der Waals surface area (Å²) in [5.74, 6) is -0.549. The minimum absolute atomic E-state index is 0.134. The molecule has 0 N–H and O–H groups in total. The van der Waals surface area contributed by atoms with Crippen LogP contribution in [0.1, 0.15) is 12.6 Å². The number of carbonyl (C=O) groups excluding carboxylic acids is 2. The number of aromatic nitrogens is 2. The molecule has 0 bridgehead atoms. The lowest BCUT2D eigenvalue weighted by Crippen LogP contribution is -2.44. The first-order chi connectivity index (χ1) is 13.0. The van der Waals surface area contributed by atoms with Crippen LogP contribution in [-0.2, 0) is 32.0 Å². The first-order valence-corrected chi connectivity index (χ1v) is 9.43. The number of fused-ring (bicyclic) bond motifs is 1. The first-order valence-electron chi connectivity index (χ1n) is 8.64. The highest BCUT2D eigenvalue weighted by molar-refractivity contribution is 9.10. The number of ether oxygens (including phenoxy) is 2. The van der Waals surface area contributed by atoms with Gasteiger partial charge in [0.1, 0.15) is 6.54 Å². The van der Waals surface area contributed by atoms with E-state index in [9.17, 15) is 14.4 Å². The average molecular weight is 438 g/mol. The molecule has 0 atom stereocenters. The molecule has 0 spiro atoms. The van der Waals surface area contributed by atoms with Crippen molar-refractivity contribution in [3.63, 3.8) is 0 Å². The SMILES string of the molecule is CC(=O)OCCc1nn(CC(=O)N2CCOCC2)c(=O)c2ccc(Br)cc12. The molecule has 0 unspecified atom stereocenters. The van der Waals surface area contributed by atoms with Gasteiger partial charge in [-0.3, -0.25) is 14.4 Å². The second-order valence-corrected chi connectivity index (χ2v) is 7.10. The van der Waals surface area contributed by atoms with E-state index in [0.29, 0.717) is 49.2 Å². The quantitative estimate of drug-likeness (QED) is 0.651. The van der Waals surface area contributed by atoms with Gasteiger partial charge in [-0.2, -0.15) is 5.10 Å². The van der Waals surface area contributed by atoms with Crippen LogP contribution in [0.3, 0.4) is 0 Å². The molecule has 1 fully saturated rings. The number of hydrogen-bond acceptors (Lipinski definition) is 6. The molecule has 1 aliphatic rings. The normalized spacial score (nSPS) is 14.4. The molecule has 144 valence electrons. The number of esters is 1. The summed E-state index contributed by atoms with van der Waals surface area (Å²) in [6.45, 7) is 3.36. The molecule has 27 heavy (non-hydrogen) atoms. The van der Waals surface area contributed by atoms with E-state index in [1.165, 1.54) is 11.6 Å². The van der Waals surface area contributed by atoms with Gasteiger partial charge in [-0.1, -0.05) is 15.9 Å². The monoisotopic (exact) mass is 437 g/mol. The van der Waals surface area contributed by atoms with Gasteiger partial charge in [0, 0.05) is 36.3 Å².